The summed E-state index contributed by atoms with van der Waals surface area (Å²) >= 11 is 0. The maximum atomic E-state index is 13.3. The van der Waals surface area contributed by atoms with Crippen LogP contribution >= 0.6 is 0 Å². The number of nitrogens with zero attached hydrogens (tertiary/aromatic N) is 3. The molecule has 1 saturated heterocycles. The molecule has 0 bridgehead atoms. The van der Waals surface area contributed by atoms with Gasteiger partial charge in [-0.15, -0.1) is 0 Å². The highest BCUT2D eigenvalue weighted by molar-refractivity contribution is 5.93. The Morgan fingerprint density at radius 2 is 1.79 bits per heavy atom. The minimum Gasteiger partial charge on any atom is -0.341 e. The molecule has 33 heavy (non-hydrogen) atoms. The molecule has 170 valence electrons. The molecule has 1 N–H and O–H groups in total. The molecule has 1 aliphatic rings. The lowest BCUT2D eigenvalue weighted by Crippen LogP contribution is -2.38. The molecule has 0 radical (unpaired) electrons. The van der Waals surface area contributed by atoms with Crippen LogP contribution in [0.25, 0.3) is 11.1 Å². The third-order valence-corrected chi connectivity index (χ3v) is 6.15. The van der Waals surface area contributed by atoms with Crippen LogP contribution in [-0.2, 0) is 11.2 Å². The van der Waals surface area contributed by atoms with Crippen molar-refractivity contribution in [2.24, 2.45) is 5.92 Å². The Hall–Kier alpha value is -3.74. The van der Waals surface area contributed by atoms with Gasteiger partial charge in [0.25, 0.3) is 11.5 Å². The second kappa shape index (κ2) is 9.81. The van der Waals surface area contributed by atoms with E-state index in [2.05, 4.69) is 53.5 Å². The first-order chi connectivity index (χ1) is 16.0. The molecular weight excluding hydrogens is 416 g/mol. The fraction of sp³-hybridized carbons (Fsp3) is 0.308. The topological polar surface area (TPSA) is 86.4 Å². The van der Waals surface area contributed by atoms with Crippen molar-refractivity contribution < 1.29 is 9.59 Å². The zero-order chi connectivity index (χ0) is 23.4. The van der Waals surface area contributed by atoms with Crippen LogP contribution in [0.3, 0.4) is 0 Å². The van der Waals surface area contributed by atoms with E-state index in [1.165, 1.54) is 17.7 Å². The molecule has 2 heterocycles. The minimum atomic E-state index is -0.370. The monoisotopic (exact) mass is 444 g/mol. The molecule has 0 unspecified atom stereocenters. The molecule has 1 aromatic heterocycles. The molecule has 0 spiro atoms. The molecule has 4 rings (SSSR count). The maximum Gasteiger partial charge on any atom is 0.274 e. The van der Waals surface area contributed by atoms with E-state index in [1.54, 1.807) is 4.90 Å². The van der Waals surface area contributed by atoms with Gasteiger partial charge in [0.1, 0.15) is 5.69 Å². The van der Waals surface area contributed by atoms with Gasteiger partial charge in [-0.1, -0.05) is 54.1 Å². The standard InChI is InChI=1S/C26H28N4O3/c1-3-29-14-15-30(26(33)23-12-13-24(31)28-27-23)17-21(25(29)32)16-20-6-4-5-7-22(20)19-10-8-18(2)9-11-19/h4-13,21H,3,14-17H2,1-2H3,(H,28,31)/t21-/m1/s1. The Morgan fingerprint density at radius 1 is 1.03 bits per heavy atom. The van der Waals surface area contributed by atoms with Gasteiger partial charge in [0, 0.05) is 32.2 Å². The molecule has 1 fully saturated rings. The predicted octanol–water partition coefficient (Wildman–Crippen LogP) is 2.91. The molecule has 2 amide bonds. The third-order valence-electron chi connectivity index (χ3n) is 6.15. The van der Waals surface area contributed by atoms with E-state index < -0.39 is 0 Å². The van der Waals surface area contributed by atoms with Gasteiger partial charge < -0.3 is 9.80 Å². The molecule has 7 heteroatoms. The summed E-state index contributed by atoms with van der Waals surface area (Å²) in [4.78, 5) is 41.3. The highest BCUT2D eigenvalue weighted by Gasteiger charge is 2.33. The normalized spacial score (nSPS) is 16.5. The van der Waals surface area contributed by atoms with Crippen LogP contribution in [0.2, 0.25) is 0 Å². The smallest absolute Gasteiger partial charge is 0.274 e. The largest absolute Gasteiger partial charge is 0.341 e. The lowest BCUT2D eigenvalue weighted by Gasteiger charge is -2.24. The number of aromatic amines is 1. The fourth-order valence-electron chi connectivity index (χ4n) is 4.30. The Labute approximate surface area is 193 Å². The molecule has 0 saturated carbocycles. The van der Waals surface area contributed by atoms with E-state index >= 15 is 0 Å². The molecule has 3 aromatic rings. The molecule has 7 nitrogen and oxygen atoms in total. The third kappa shape index (κ3) is 5.03. The highest BCUT2D eigenvalue weighted by atomic mass is 16.2. The highest BCUT2D eigenvalue weighted by Crippen LogP contribution is 2.27. The molecule has 2 aromatic carbocycles. The summed E-state index contributed by atoms with van der Waals surface area (Å²) in [5.41, 5.74) is 4.28. The van der Waals surface area contributed by atoms with Crippen molar-refractivity contribution in [2.45, 2.75) is 20.3 Å². The molecule has 1 aliphatic heterocycles. The summed E-state index contributed by atoms with van der Waals surface area (Å²) in [6.07, 6.45) is 0.530. The van der Waals surface area contributed by atoms with Gasteiger partial charge >= 0.3 is 0 Å². The Balaban J connectivity index is 1.63. The first-order valence-corrected chi connectivity index (χ1v) is 11.2. The van der Waals surface area contributed by atoms with Crippen molar-refractivity contribution in [1.82, 2.24) is 20.0 Å². The number of carbonyl (C=O) groups excluding carboxylic acids is 2. The van der Waals surface area contributed by atoms with Crippen LogP contribution < -0.4 is 5.56 Å². The summed E-state index contributed by atoms with van der Waals surface area (Å²) in [5, 5.41) is 6.20. The number of amides is 2. The van der Waals surface area contributed by atoms with Crippen molar-refractivity contribution in [2.75, 3.05) is 26.2 Å². The molecule has 0 aliphatic carbocycles. The van der Waals surface area contributed by atoms with Gasteiger partial charge in [-0.2, -0.15) is 5.10 Å². The van der Waals surface area contributed by atoms with Crippen molar-refractivity contribution in [3.63, 3.8) is 0 Å². The van der Waals surface area contributed by atoms with Gasteiger partial charge in [0.2, 0.25) is 5.91 Å². The lowest BCUT2D eigenvalue weighted by atomic mass is 9.91. The van der Waals surface area contributed by atoms with Crippen LogP contribution in [0.15, 0.2) is 65.5 Å². The van der Waals surface area contributed by atoms with Crippen LogP contribution in [-0.4, -0.2) is 58.0 Å². The summed E-state index contributed by atoms with van der Waals surface area (Å²) in [7, 11) is 0. The van der Waals surface area contributed by atoms with Gasteiger partial charge in [-0.25, -0.2) is 5.10 Å². The number of nitrogens with one attached hydrogen (secondary N) is 1. The molecule has 1 atom stereocenters. The van der Waals surface area contributed by atoms with Crippen LogP contribution in [0.1, 0.15) is 28.5 Å². The number of aromatic nitrogens is 2. The quantitative estimate of drug-likeness (QED) is 0.656. The fourth-order valence-corrected chi connectivity index (χ4v) is 4.30. The summed E-state index contributed by atoms with van der Waals surface area (Å²) < 4.78 is 0. The SMILES string of the molecule is CCN1CCN(C(=O)c2ccc(=O)[nH]n2)C[C@@H](Cc2ccccc2-c2ccc(C)cc2)C1=O. The van der Waals surface area contributed by atoms with E-state index in [9.17, 15) is 14.4 Å². The van der Waals surface area contributed by atoms with Gasteiger partial charge in [-0.05, 0) is 43.0 Å². The first kappa shape index (κ1) is 22.5. The number of aryl methyl sites for hydroxylation is 1. The zero-order valence-electron chi connectivity index (χ0n) is 19.0. The van der Waals surface area contributed by atoms with E-state index in [-0.39, 0.29) is 29.0 Å². The van der Waals surface area contributed by atoms with Gasteiger partial charge in [0.15, 0.2) is 0 Å². The van der Waals surface area contributed by atoms with Crippen molar-refractivity contribution in [3.05, 3.63) is 87.8 Å². The zero-order valence-corrected chi connectivity index (χ0v) is 19.0. The second-order valence-corrected chi connectivity index (χ2v) is 8.40. The average Bonchev–Trinajstić information content (AvgIpc) is 2.99. The Bertz CT molecular complexity index is 1180. The van der Waals surface area contributed by atoms with E-state index in [4.69, 9.17) is 0 Å². The number of H-pyrrole nitrogens is 1. The minimum absolute atomic E-state index is 0.0564. The number of likely N-dealkylation sites (N-methyl/N-ethyl adjacent to an activating group) is 1. The van der Waals surface area contributed by atoms with Gasteiger partial charge in [-0.3, -0.25) is 14.4 Å². The Kier molecular flexibility index (Phi) is 6.68. The number of benzene rings is 2. The number of rotatable bonds is 5. The Morgan fingerprint density at radius 3 is 2.48 bits per heavy atom. The van der Waals surface area contributed by atoms with Crippen LogP contribution in [0, 0.1) is 12.8 Å². The summed E-state index contributed by atoms with van der Waals surface area (Å²) in [6, 6.07) is 19.2. The van der Waals surface area contributed by atoms with E-state index in [0.717, 1.165) is 16.7 Å². The first-order valence-electron chi connectivity index (χ1n) is 11.2. The predicted molar refractivity (Wildman–Crippen MR) is 127 cm³/mol. The van der Waals surface area contributed by atoms with Crippen LogP contribution in [0.5, 0.6) is 0 Å². The summed E-state index contributed by atoms with van der Waals surface area (Å²) in [5.74, 6) is -0.597. The van der Waals surface area contributed by atoms with Crippen molar-refractivity contribution in [1.29, 1.82) is 0 Å². The van der Waals surface area contributed by atoms with Crippen molar-refractivity contribution in [3.8, 4) is 11.1 Å². The maximum absolute atomic E-state index is 13.3. The lowest BCUT2D eigenvalue weighted by molar-refractivity contribution is -0.134. The number of hydrogen-bond acceptors (Lipinski definition) is 4. The van der Waals surface area contributed by atoms with Crippen LogP contribution in [0.4, 0.5) is 0 Å². The van der Waals surface area contributed by atoms with E-state index in [0.29, 0.717) is 32.6 Å². The average molecular weight is 445 g/mol. The number of carbonyl (C=O) groups is 2. The van der Waals surface area contributed by atoms with E-state index in [1.807, 2.05) is 24.0 Å². The molecular formula is C26H28N4O3. The van der Waals surface area contributed by atoms with Crippen molar-refractivity contribution >= 4 is 11.8 Å². The number of hydrogen-bond donors (Lipinski definition) is 1. The summed E-state index contributed by atoms with van der Waals surface area (Å²) in [6.45, 7) is 5.80. The van der Waals surface area contributed by atoms with Gasteiger partial charge in [0.05, 0.1) is 5.92 Å². The second-order valence-electron chi connectivity index (χ2n) is 8.40.